The van der Waals surface area contributed by atoms with E-state index in [0.29, 0.717) is 37.7 Å². The maximum atomic E-state index is 12.2. The summed E-state index contributed by atoms with van der Waals surface area (Å²) in [5, 5.41) is 0.0634. The zero-order chi connectivity index (χ0) is 16.1. The highest BCUT2D eigenvalue weighted by Gasteiger charge is 2.32. The van der Waals surface area contributed by atoms with Crippen LogP contribution in [0.1, 0.15) is 27.2 Å². The van der Waals surface area contributed by atoms with Crippen LogP contribution in [0.15, 0.2) is 18.2 Å². The van der Waals surface area contributed by atoms with Crippen molar-refractivity contribution < 1.29 is 19.1 Å². The zero-order valence-corrected chi connectivity index (χ0v) is 13.9. The largest absolute Gasteiger partial charge is 0.490 e. The normalized spacial score (nSPS) is 17.7. The van der Waals surface area contributed by atoms with Crippen molar-refractivity contribution in [3.8, 4) is 11.5 Å². The molecule has 0 N–H and O–H groups in total. The van der Waals surface area contributed by atoms with Gasteiger partial charge in [-0.2, -0.15) is 0 Å². The predicted molar refractivity (Wildman–Crippen MR) is 87.8 cm³/mol. The molecule has 1 unspecified atom stereocenters. The molecule has 120 valence electrons. The highest BCUT2D eigenvalue weighted by molar-refractivity contribution is 8.14. The van der Waals surface area contributed by atoms with Crippen molar-refractivity contribution in [3.63, 3.8) is 0 Å². The van der Waals surface area contributed by atoms with Crippen molar-refractivity contribution in [2.45, 2.75) is 32.4 Å². The highest BCUT2D eigenvalue weighted by Crippen LogP contribution is 2.35. The quantitative estimate of drug-likeness (QED) is 0.806. The van der Waals surface area contributed by atoms with E-state index in [1.807, 2.05) is 32.0 Å². The number of carbonyl (C=O) groups excluding carboxylic acids is 2. The maximum Gasteiger partial charge on any atom is 0.228 e. The lowest BCUT2D eigenvalue weighted by molar-refractivity contribution is -0.117. The molecule has 22 heavy (non-hydrogen) atoms. The predicted octanol–water partition coefficient (Wildman–Crippen LogP) is 2.87. The van der Waals surface area contributed by atoms with E-state index in [1.54, 1.807) is 4.90 Å². The van der Waals surface area contributed by atoms with Crippen molar-refractivity contribution in [2.24, 2.45) is 0 Å². The molecule has 0 spiro atoms. The molecule has 2 rings (SSSR count). The summed E-state index contributed by atoms with van der Waals surface area (Å²) in [6.45, 7) is 6.98. The van der Waals surface area contributed by atoms with Crippen LogP contribution in [-0.2, 0) is 9.59 Å². The molecular weight excluding hydrogens is 302 g/mol. The number of nitrogens with zero attached hydrogens (tertiary/aromatic N) is 1. The number of hydrogen-bond acceptors (Lipinski definition) is 5. The molecule has 1 aromatic rings. The fraction of sp³-hybridized carbons (Fsp3) is 0.500. The second-order valence-electron chi connectivity index (χ2n) is 4.94. The Labute approximate surface area is 135 Å². The lowest BCUT2D eigenvalue weighted by atomic mass is 10.2. The lowest BCUT2D eigenvalue weighted by Crippen LogP contribution is -2.25. The van der Waals surface area contributed by atoms with Crippen molar-refractivity contribution >= 4 is 28.5 Å². The van der Waals surface area contributed by atoms with Crippen LogP contribution in [0, 0.1) is 0 Å². The van der Waals surface area contributed by atoms with Crippen LogP contribution in [-0.4, -0.2) is 36.0 Å². The summed E-state index contributed by atoms with van der Waals surface area (Å²) in [4.78, 5) is 25.1. The molecular formula is C16H21NO4S. The number of ether oxygens (including phenoxy) is 2. The van der Waals surface area contributed by atoms with Gasteiger partial charge < -0.3 is 14.4 Å². The first-order chi connectivity index (χ1) is 10.5. The van der Waals surface area contributed by atoms with Crippen molar-refractivity contribution in [3.05, 3.63) is 18.2 Å². The Hall–Kier alpha value is -1.69. The molecule has 1 amide bonds. The maximum absolute atomic E-state index is 12.2. The minimum Gasteiger partial charge on any atom is -0.490 e. The number of hydrogen-bond donors (Lipinski definition) is 0. The summed E-state index contributed by atoms with van der Waals surface area (Å²) >= 11 is 1.23. The monoisotopic (exact) mass is 323 g/mol. The fourth-order valence-corrected chi connectivity index (χ4v) is 3.36. The molecule has 1 saturated heterocycles. The molecule has 1 heterocycles. The second-order valence-corrected chi connectivity index (χ2v) is 6.41. The van der Waals surface area contributed by atoms with Crippen LogP contribution in [0.4, 0.5) is 5.69 Å². The van der Waals surface area contributed by atoms with E-state index in [0.717, 1.165) is 5.69 Å². The molecule has 1 aliphatic heterocycles. The average Bonchev–Trinajstić information content (AvgIpc) is 2.81. The summed E-state index contributed by atoms with van der Waals surface area (Å²) in [5.74, 6) is 1.34. The Morgan fingerprint density at radius 1 is 1.27 bits per heavy atom. The van der Waals surface area contributed by atoms with Crippen molar-refractivity contribution in [2.75, 3.05) is 24.7 Å². The number of thioether (sulfide) groups is 1. The fourth-order valence-electron chi connectivity index (χ4n) is 2.45. The van der Waals surface area contributed by atoms with Gasteiger partial charge in [-0.1, -0.05) is 11.8 Å². The van der Waals surface area contributed by atoms with Gasteiger partial charge in [0, 0.05) is 36.9 Å². The number of anilines is 1. The number of rotatable bonds is 6. The van der Waals surface area contributed by atoms with Gasteiger partial charge in [0.05, 0.1) is 13.2 Å². The molecule has 0 aliphatic carbocycles. The molecule has 0 saturated carbocycles. The minimum absolute atomic E-state index is 0.0205. The zero-order valence-electron chi connectivity index (χ0n) is 13.1. The van der Waals surface area contributed by atoms with Crippen molar-refractivity contribution in [1.29, 1.82) is 0 Å². The van der Waals surface area contributed by atoms with E-state index in [2.05, 4.69) is 0 Å². The summed E-state index contributed by atoms with van der Waals surface area (Å²) in [6, 6.07) is 5.50. The van der Waals surface area contributed by atoms with E-state index in [-0.39, 0.29) is 16.3 Å². The number of carbonyl (C=O) groups is 2. The minimum atomic E-state index is 0.0205. The van der Waals surface area contributed by atoms with Gasteiger partial charge in [-0.05, 0) is 26.0 Å². The van der Waals surface area contributed by atoms with E-state index in [1.165, 1.54) is 18.7 Å². The van der Waals surface area contributed by atoms with Gasteiger partial charge in [-0.3, -0.25) is 9.59 Å². The molecule has 1 aliphatic rings. The Balaban J connectivity index is 2.19. The molecule has 0 aromatic heterocycles. The van der Waals surface area contributed by atoms with Gasteiger partial charge in [0.1, 0.15) is 0 Å². The number of benzene rings is 1. The standard InChI is InChI=1S/C16H21NO4S/c1-4-20-14-7-6-12(8-15(14)21-5-2)17-10-13(9-16(17)19)22-11(3)18/h6-8,13H,4-5,9-10H2,1-3H3. The van der Waals surface area contributed by atoms with Crippen molar-refractivity contribution in [1.82, 2.24) is 0 Å². The Morgan fingerprint density at radius 3 is 2.59 bits per heavy atom. The molecule has 6 heteroatoms. The Kier molecular flexibility index (Phi) is 5.71. The van der Waals surface area contributed by atoms with Crippen LogP contribution in [0.3, 0.4) is 0 Å². The van der Waals surface area contributed by atoms with Crippen LogP contribution < -0.4 is 14.4 Å². The molecule has 0 radical (unpaired) electrons. The lowest BCUT2D eigenvalue weighted by Gasteiger charge is -2.19. The smallest absolute Gasteiger partial charge is 0.228 e. The first-order valence-electron chi connectivity index (χ1n) is 7.42. The van der Waals surface area contributed by atoms with Gasteiger partial charge in [0.2, 0.25) is 5.91 Å². The highest BCUT2D eigenvalue weighted by atomic mass is 32.2. The molecule has 5 nitrogen and oxygen atoms in total. The molecule has 1 fully saturated rings. The first-order valence-corrected chi connectivity index (χ1v) is 8.30. The van der Waals surface area contributed by atoms with Gasteiger partial charge in [0.15, 0.2) is 16.6 Å². The van der Waals surface area contributed by atoms with Crippen LogP contribution in [0.25, 0.3) is 0 Å². The third kappa shape index (κ3) is 3.94. The van der Waals surface area contributed by atoms with Gasteiger partial charge in [-0.25, -0.2) is 0 Å². The molecule has 0 bridgehead atoms. The molecule has 1 aromatic carbocycles. The summed E-state index contributed by atoms with van der Waals surface area (Å²) in [5.41, 5.74) is 0.781. The number of amides is 1. The van der Waals surface area contributed by atoms with Crippen LogP contribution in [0.2, 0.25) is 0 Å². The third-order valence-corrected chi connectivity index (χ3v) is 4.24. The van der Waals surface area contributed by atoms with Gasteiger partial charge in [-0.15, -0.1) is 0 Å². The van der Waals surface area contributed by atoms with E-state index >= 15 is 0 Å². The molecule has 1 atom stereocenters. The third-order valence-electron chi connectivity index (χ3n) is 3.26. The second kappa shape index (κ2) is 7.54. The topological polar surface area (TPSA) is 55.8 Å². The van der Waals surface area contributed by atoms with E-state index in [4.69, 9.17) is 9.47 Å². The summed E-state index contributed by atoms with van der Waals surface area (Å²) in [6.07, 6.45) is 0.390. The summed E-state index contributed by atoms with van der Waals surface area (Å²) in [7, 11) is 0. The summed E-state index contributed by atoms with van der Waals surface area (Å²) < 4.78 is 11.1. The Bertz CT molecular complexity index is 561. The van der Waals surface area contributed by atoms with E-state index < -0.39 is 0 Å². The first kappa shape index (κ1) is 16.7. The van der Waals surface area contributed by atoms with E-state index in [9.17, 15) is 9.59 Å². The SMILES string of the molecule is CCOc1ccc(N2CC(SC(C)=O)CC2=O)cc1OCC. The van der Waals surface area contributed by atoms with Crippen LogP contribution >= 0.6 is 11.8 Å². The van der Waals surface area contributed by atoms with Gasteiger partial charge in [0.25, 0.3) is 0 Å². The Morgan fingerprint density at radius 2 is 1.95 bits per heavy atom. The van der Waals surface area contributed by atoms with Crippen LogP contribution in [0.5, 0.6) is 11.5 Å². The van der Waals surface area contributed by atoms with Gasteiger partial charge >= 0.3 is 0 Å². The average molecular weight is 323 g/mol.